The van der Waals surface area contributed by atoms with Crippen molar-refractivity contribution < 1.29 is 4.79 Å². The summed E-state index contributed by atoms with van der Waals surface area (Å²) in [4.78, 5) is 22.5. The van der Waals surface area contributed by atoms with Crippen LogP contribution in [0.2, 0.25) is 0 Å². The highest BCUT2D eigenvalue weighted by Gasteiger charge is 2.25. The van der Waals surface area contributed by atoms with E-state index < -0.39 is 0 Å². The number of amides is 1. The van der Waals surface area contributed by atoms with Crippen molar-refractivity contribution in [2.24, 2.45) is 5.92 Å². The molecule has 0 spiro atoms. The van der Waals surface area contributed by atoms with Crippen molar-refractivity contribution >= 4 is 41.8 Å². The molecule has 27 heavy (non-hydrogen) atoms. The Balaban J connectivity index is 0.00000131. The van der Waals surface area contributed by atoms with E-state index in [4.69, 9.17) is 0 Å². The summed E-state index contributed by atoms with van der Waals surface area (Å²) in [5.74, 6) is 2.10. The van der Waals surface area contributed by atoms with Crippen LogP contribution in [0.5, 0.6) is 0 Å². The Hall–Kier alpha value is -1.30. The van der Waals surface area contributed by atoms with Crippen LogP contribution in [0.15, 0.2) is 18.2 Å². The van der Waals surface area contributed by atoms with E-state index in [9.17, 15) is 4.79 Å². The van der Waals surface area contributed by atoms with Crippen LogP contribution < -0.4 is 5.32 Å². The number of piperidine rings is 1. The molecule has 0 radical (unpaired) electrons. The predicted molar refractivity (Wildman–Crippen MR) is 114 cm³/mol. The zero-order valence-electron chi connectivity index (χ0n) is 15.9. The molecule has 2 N–H and O–H groups in total. The lowest BCUT2D eigenvalue weighted by atomic mass is 10.0. The van der Waals surface area contributed by atoms with Crippen molar-refractivity contribution in [3.8, 4) is 0 Å². The fraction of sp³-hybridized carbons (Fsp3) is 0.600. The van der Waals surface area contributed by atoms with E-state index in [0.29, 0.717) is 18.9 Å². The van der Waals surface area contributed by atoms with Crippen LogP contribution >= 0.6 is 24.8 Å². The minimum Gasteiger partial charge on any atom is -0.343 e. The smallest absolute Gasteiger partial charge is 0.223 e. The molecule has 5 nitrogen and oxygen atoms in total. The number of hydrogen-bond acceptors (Lipinski definition) is 3. The highest BCUT2D eigenvalue weighted by atomic mass is 35.5. The van der Waals surface area contributed by atoms with Gasteiger partial charge in [-0.15, -0.1) is 24.8 Å². The van der Waals surface area contributed by atoms with Gasteiger partial charge < -0.3 is 15.2 Å². The summed E-state index contributed by atoms with van der Waals surface area (Å²) in [7, 11) is 0. The minimum absolute atomic E-state index is 0. The van der Waals surface area contributed by atoms with Gasteiger partial charge in [0.25, 0.3) is 0 Å². The van der Waals surface area contributed by atoms with Crippen LogP contribution in [0.4, 0.5) is 0 Å². The quantitative estimate of drug-likeness (QED) is 0.760. The number of para-hydroxylation sites is 1. The fourth-order valence-corrected chi connectivity index (χ4v) is 3.72. The first-order valence-electron chi connectivity index (χ1n) is 9.64. The average Bonchev–Trinajstić information content (AvgIpc) is 3.36. The van der Waals surface area contributed by atoms with Gasteiger partial charge in [0.15, 0.2) is 0 Å². The standard InChI is InChI=1S/C20H28N4O.2ClH/c1-14-3-2-4-17-20(14)23-18(22-17)7-8-19(25)24-11-9-16(10-12-24)21-13-15-5-6-15;;/h2-4,15-16,21H,5-13H2,1H3,(H,22,23);2*1H. The van der Waals surface area contributed by atoms with E-state index in [2.05, 4.69) is 28.3 Å². The van der Waals surface area contributed by atoms with Crippen molar-refractivity contribution in [3.05, 3.63) is 29.6 Å². The average molecular weight is 413 g/mol. The number of aromatic amines is 1. The van der Waals surface area contributed by atoms with Crippen LogP contribution in [0.1, 0.15) is 43.5 Å². The van der Waals surface area contributed by atoms with Gasteiger partial charge in [-0.2, -0.15) is 0 Å². The number of aromatic nitrogens is 2. The first-order chi connectivity index (χ1) is 12.2. The van der Waals surface area contributed by atoms with Crippen molar-refractivity contribution in [1.29, 1.82) is 0 Å². The molecule has 2 heterocycles. The highest BCUT2D eigenvalue weighted by molar-refractivity contribution is 5.85. The molecule has 1 aromatic heterocycles. The summed E-state index contributed by atoms with van der Waals surface area (Å²) < 4.78 is 0. The van der Waals surface area contributed by atoms with E-state index in [-0.39, 0.29) is 30.7 Å². The maximum Gasteiger partial charge on any atom is 0.223 e. The number of carbonyl (C=O) groups excluding carboxylic acids is 1. The van der Waals surface area contributed by atoms with Crippen LogP contribution in [0.25, 0.3) is 11.0 Å². The highest BCUT2D eigenvalue weighted by Crippen LogP contribution is 2.28. The molecule has 1 aromatic carbocycles. The molecule has 2 fully saturated rings. The van der Waals surface area contributed by atoms with Crippen molar-refractivity contribution in [3.63, 3.8) is 0 Å². The maximum atomic E-state index is 12.5. The third kappa shape index (κ3) is 5.59. The first-order valence-corrected chi connectivity index (χ1v) is 9.64. The zero-order chi connectivity index (χ0) is 17.2. The number of H-pyrrole nitrogens is 1. The van der Waals surface area contributed by atoms with Gasteiger partial charge in [0.05, 0.1) is 11.0 Å². The molecule has 0 atom stereocenters. The normalized spacial score (nSPS) is 17.4. The van der Waals surface area contributed by atoms with Crippen molar-refractivity contribution in [2.45, 2.75) is 51.5 Å². The van der Waals surface area contributed by atoms with Crippen LogP contribution in [-0.2, 0) is 11.2 Å². The molecule has 7 heteroatoms. The lowest BCUT2D eigenvalue weighted by molar-refractivity contribution is -0.132. The molecular formula is C20H30Cl2N4O. The molecule has 0 bridgehead atoms. The summed E-state index contributed by atoms with van der Waals surface area (Å²) in [6.07, 6.45) is 6.19. The fourth-order valence-electron chi connectivity index (χ4n) is 3.72. The number of nitrogens with zero attached hydrogens (tertiary/aromatic N) is 2. The molecule has 1 aliphatic heterocycles. The number of hydrogen-bond donors (Lipinski definition) is 2. The molecule has 1 saturated heterocycles. The van der Waals surface area contributed by atoms with E-state index in [1.165, 1.54) is 24.9 Å². The number of benzene rings is 1. The number of nitrogens with one attached hydrogen (secondary N) is 2. The number of likely N-dealkylation sites (tertiary alicyclic amines) is 1. The van der Waals surface area contributed by atoms with Crippen LogP contribution in [0, 0.1) is 12.8 Å². The van der Waals surface area contributed by atoms with Crippen molar-refractivity contribution in [1.82, 2.24) is 20.2 Å². The van der Waals surface area contributed by atoms with Crippen LogP contribution in [-0.4, -0.2) is 46.5 Å². The number of fused-ring (bicyclic) bond motifs is 1. The van der Waals surface area contributed by atoms with E-state index >= 15 is 0 Å². The second-order valence-electron chi connectivity index (χ2n) is 7.66. The molecule has 1 amide bonds. The summed E-state index contributed by atoms with van der Waals surface area (Å²) in [5, 5.41) is 3.67. The third-order valence-corrected chi connectivity index (χ3v) is 5.58. The second-order valence-corrected chi connectivity index (χ2v) is 7.66. The molecular weight excluding hydrogens is 383 g/mol. The molecule has 1 saturated carbocycles. The van der Waals surface area contributed by atoms with E-state index in [0.717, 1.165) is 48.7 Å². The van der Waals surface area contributed by atoms with E-state index in [1.54, 1.807) is 0 Å². The van der Waals surface area contributed by atoms with Gasteiger partial charge >= 0.3 is 0 Å². The topological polar surface area (TPSA) is 61.0 Å². The zero-order valence-corrected chi connectivity index (χ0v) is 17.5. The Bertz CT molecular complexity index is 752. The Kier molecular flexibility index (Phi) is 7.95. The maximum absolute atomic E-state index is 12.5. The number of halogens is 2. The van der Waals surface area contributed by atoms with Gasteiger partial charge in [-0.1, -0.05) is 12.1 Å². The Labute approximate surface area is 173 Å². The number of rotatable bonds is 6. The summed E-state index contributed by atoms with van der Waals surface area (Å²) in [6, 6.07) is 6.74. The van der Waals surface area contributed by atoms with Gasteiger partial charge in [-0.3, -0.25) is 4.79 Å². The Morgan fingerprint density at radius 3 is 2.63 bits per heavy atom. The molecule has 2 aliphatic rings. The SMILES string of the molecule is Cc1cccc2[nH]c(CCC(=O)N3CCC(NCC4CC4)CC3)nc12.Cl.Cl. The summed E-state index contributed by atoms with van der Waals surface area (Å²) >= 11 is 0. The van der Waals surface area contributed by atoms with Crippen molar-refractivity contribution in [2.75, 3.05) is 19.6 Å². The Morgan fingerprint density at radius 1 is 1.22 bits per heavy atom. The monoisotopic (exact) mass is 412 g/mol. The summed E-state index contributed by atoms with van der Waals surface area (Å²) in [6.45, 7) is 5.02. The largest absolute Gasteiger partial charge is 0.343 e. The van der Waals surface area contributed by atoms with Gasteiger partial charge in [-0.25, -0.2) is 4.98 Å². The Morgan fingerprint density at radius 2 is 1.96 bits per heavy atom. The van der Waals surface area contributed by atoms with Gasteiger partial charge in [0.1, 0.15) is 5.82 Å². The minimum atomic E-state index is 0. The van der Waals surface area contributed by atoms with Crippen LogP contribution in [0.3, 0.4) is 0 Å². The number of carbonyl (C=O) groups is 1. The lowest BCUT2D eigenvalue weighted by Crippen LogP contribution is -2.45. The first kappa shape index (κ1) is 22.0. The lowest BCUT2D eigenvalue weighted by Gasteiger charge is -2.32. The third-order valence-electron chi connectivity index (χ3n) is 5.58. The number of imidazole rings is 1. The van der Waals surface area contributed by atoms with Gasteiger partial charge in [0, 0.05) is 32.0 Å². The molecule has 2 aromatic rings. The predicted octanol–water partition coefficient (Wildman–Crippen LogP) is 3.64. The van der Waals surface area contributed by atoms with Gasteiger partial charge in [-0.05, 0) is 56.7 Å². The molecule has 0 unspecified atom stereocenters. The van der Waals surface area contributed by atoms with Gasteiger partial charge in [0.2, 0.25) is 5.91 Å². The molecule has 150 valence electrons. The number of aryl methyl sites for hydroxylation is 2. The molecule has 1 aliphatic carbocycles. The summed E-state index contributed by atoms with van der Waals surface area (Å²) in [5.41, 5.74) is 3.25. The van der Waals surface area contributed by atoms with E-state index in [1.807, 2.05) is 17.0 Å². The molecule has 4 rings (SSSR count). The second kappa shape index (κ2) is 9.76.